The van der Waals surface area contributed by atoms with Crippen molar-refractivity contribution < 1.29 is 23.9 Å². The van der Waals surface area contributed by atoms with Crippen molar-refractivity contribution >= 4 is 33.9 Å². The lowest BCUT2D eigenvalue weighted by atomic mass is 10.1. The zero-order chi connectivity index (χ0) is 21.7. The van der Waals surface area contributed by atoms with Gasteiger partial charge < -0.3 is 9.47 Å². The minimum Gasteiger partial charge on any atom is -0.493 e. The van der Waals surface area contributed by atoms with Crippen LogP contribution in [-0.4, -0.2) is 36.2 Å². The number of rotatable bonds is 8. The maximum absolute atomic E-state index is 12.3. The van der Waals surface area contributed by atoms with Gasteiger partial charge in [-0.05, 0) is 25.1 Å². The summed E-state index contributed by atoms with van der Waals surface area (Å²) < 4.78 is 10.8. The quantitative estimate of drug-likeness (QED) is 0.544. The van der Waals surface area contributed by atoms with E-state index in [1.807, 2.05) is 30.3 Å². The van der Waals surface area contributed by atoms with Crippen molar-refractivity contribution in [2.24, 2.45) is 0 Å². The number of thiazole rings is 1. The predicted molar refractivity (Wildman–Crippen MR) is 115 cm³/mol. The molecule has 3 rings (SSSR count). The number of nitrogens with zero attached hydrogens (tertiary/aromatic N) is 1. The van der Waals surface area contributed by atoms with Crippen LogP contribution in [0.2, 0.25) is 0 Å². The molecule has 0 bridgehead atoms. The Morgan fingerprint density at radius 2 is 1.73 bits per heavy atom. The van der Waals surface area contributed by atoms with Crippen LogP contribution in [0.4, 0.5) is 5.13 Å². The SMILES string of the molecule is COc1cc(C(C)=O)ccc1OCC(=O)Nc1nc(-c2ccccc2)c(C(C)=O)s1. The van der Waals surface area contributed by atoms with Gasteiger partial charge in [-0.25, -0.2) is 4.98 Å². The van der Waals surface area contributed by atoms with Gasteiger partial charge in [-0.1, -0.05) is 41.7 Å². The third-order valence-corrected chi connectivity index (χ3v) is 5.24. The molecule has 3 aromatic rings. The average molecular weight is 424 g/mol. The minimum atomic E-state index is -0.434. The van der Waals surface area contributed by atoms with Crippen LogP contribution in [0.5, 0.6) is 11.5 Å². The van der Waals surface area contributed by atoms with Gasteiger partial charge in [-0.2, -0.15) is 0 Å². The van der Waals surface area contributed by atoms with Crippen molar-refractivity contribution in [1.29, 1.82) is 0 Å². The van der Waals surface area contributed by atoms with E-state index in [0.29, 0.717) is 32.8 Å². The number of Topliss-reactive ketones (excluding diaryl/α,β-unsaturated/α-hetero) is 2. The highest BCUT2D eigenvalue weighted by molar-refractivity contribution is 7.18. The fraction of sp³-hybridized carbons (Fsp3) is 0.182. The standard InChI is InChI=1S/C22H20N2O5S/c1-13(25)16-9-10-17(18(11-16)28-3)29-12-19(27)23-22-24-20(21(30-22)14(2)26)15-7-5-4-6-8-15/h4-11H,12H2,1-3H3,(H,23,24,27). The largest absolute Gasteiger partial charge is 0.493 e. The summed E-state index contributed by atoms with van der Waals surface area (Å²) in [4.78, 5) is 40.7. The molecule has 30 heavy (non-hydrogen) atoms. The van der Waals surface area contributed by atoms with E-state index < -0.39 is 5.91 Å². The number of benzene rings is 2. The molecule has 0 fully saturated rings. The number of anilines is 1. The topological polar surface area (TPSA) is 94.6 Å². The molecule has 1 N–H and O–H groups in total. The van der Waals surface area contributed by atoms with Crippen LogP contribution >= 0.6 is 11.3 Å². The summed E-state index contributed by atoms with van der Waals surface area (Å²) in [5.41, 5.74) is 1.81. The van der Waals surface area contributed by atoms with Gasteiger partial charge in [-0.15, -0.1) is 0 Å². The second kappa shape index (κ2) is 9.32. The van der Waals surface area contributed by atoms with Crippen LogP contribution in [0.1, 0.15) is 33.9 Å². The number of amides is 1. The van der Waals surface area contributed by atoms with Gasteiger partial charge in [0.15, 0.2) is 34.8 Å². The fourth-order valence-electron chi connectivity index (χ4n) is 2.71. The van der Waals surface area contributed by atoms with Crippen molar-refractivity contribution in [1.82, 2.24) is 4.98 Å². The molecular formula is C22H20N2O5S. The Kier molecular flexibility index (Phi) is 6.58. The summed E-state index contributed by atoms with van der Waals surface area (Å²) in [5, 5.41) is 2.97. The first-order valence-corrected chi connectivity index (χ1v) is 9.89. The second-order valence-corrected chi connectivity index (χ2v) is 7.38. The third kappa shape index (κ3) is 4.90. The van der Waals surface area contributed by atoms with Crippen molar-refractivity contribution in [3.05, 3.63) is 59.0 Å². The molecule has 8 heteroatoms. The maximum atomic E-state index is 12.3. The molecule has 1 aromatic heterocycles. The van der Waals surface area contributed by atoms with Crippen molar-refractivity contribution in [3.8, 4) is 22.8 Å². The smallest absolute Gasteiger partial charge is 0.264 e. The lowest BCUT2D eigenvalue weighted by Gasteiger charge is -2.11. The van der Waals surface area contributed by atoms with Gasteiger partial charge in [-0.3, -0.25) is 19.7 Å². The molecule has 2 aromatic carbocycles. The molecule has 0 atom stereocenters. The van der Waals surface area contributed by atoms with Crippen molar-refractivity contribution in [3.63, 3.8) is 0 Å². The summed E-state index contributed by atoms with van der Waals surface area (Å²) in [5.74, 6) is 0.0348. The normalized spacial score (nSPS) is 10.4. The van der Waals surface area contributed by atoms with Crippen LogP contribution in [0.3, 0.4) is 0 Å². The van der Waals surface area contributed by atoms with E-state index in [4.69, 9.17) is 9.47 Å². The molecule has 7 nitrogen and oxygen atoms in total. The molecule has 0 saturated heterocycles. The summed E-state index contributed by atoms with van der Waals surface area (Å²) in [6.45, 7) is 2.63. The summed E-state index contributed by atoms with van der Waals surface area (Å²) in [6.07, 6.45) is 0. The number of carbonyl (C=O) groups excluding carboxylic acids is 3. The number of nitrogens with one attached hydrogen (secondary N) is 1. The Hall–Kier alpha value is -3.52. The molecule has 0 spiro atoms. The maximum Gasteiger partial charge on any atom is 0.264 e. The van der Waals surface area contributed by atoms with Crippen LogP contribution in [-0.2, 0) is 4.79 Å². The molecule has 154 valence electrons. The van der Waals surface area contributed by atoms with E-state index >= 15 is 0 Å². The van der Waals surface area contributed by atoms with Crippen molar-refractivity contribution in [2.75, 3.05) is 19.0 Å². The molecule has 0 radical (unpaired) electrons. The highest BCUT2D eigenvalue weighted by Crippen LogP contribution is 2.32. The van der Waals surface area contributed by atoms with Gasteiger partial charge in [0.2, 0.25) is 0 Å². The molecule has 0 saturated carbocycles. The van der Waals surface area contributed by atoms with E-state index in [9.17, 15) is 14.4 Å². The van der Waals surface area contributed by atoms with E-state index in [2.05, 4.69) is 10.3 Å². The van der Waals surface area contributed by atoms with Gasteiger partial charge in [0.25, 0.3) is 5.91 Å². The number of ether oxygens (including phenoxy) is 2. The zero-order valence-corrected chi connectivity index (χ0v) is 17.5. The van der Waals surface area contributed by atoms with Gasteiger partial charge in [0.05, 0.1) is 17.7 Å². The highest BCUT2D eigenvalue weighted by atomic mass is 32.1. The van der Waals surface area contributed by atoms with E-state index in [1.54, 1.807) is 18.2 Å². The molecule has 1 amide bonds. The number of carbonyl (C=O) groups is 3. The average Bonchev–Trinajstić information content (AvgIpc) is 3.16. The summed E-state index contributed by atoms with van der Waals surface area (Å²) in [6, 6.07) is 14.0. The van der Waals surface area contributed by atoms with E-state index in [-0.39, 0.29) is 18.2 Å². The summed E-state index contributed by atoms with van der Waals surface area (Å²) in [7, 11) is 1.45. The van der Waals surface area contributed by atoms with Crippen LogP contribution in [0.15, 0.2) is 48.5 Å². The Morgan fingerprint density at radius 3 is 2.37 bits per heavy atom. The van der Waals surface area contributed by atoms with Crippen LogP contribution < -0.4 is 14.8 Å². The zero-order valence-electron chi connectivity index (χ0n) is 16.7. The van der Waals surface area contributed by atoms with Gasteiger partial charge in [0.1, 0.15) is 0 Å². The van der Waals surface area contributed by atoms with Crippen LogP contribution in [0, 0.1) is 0 Å². The lowest BCUT2D eigenvalue weighted by Crippen LogP contribution is -2.20. The number of methoxy groups -OCH3 is 1. The first-order valence-electron chi connectivity index (χ1n) is 9.08. The monoisotopic (exact) mass is 424 g/mol. The molecule has 0 aliphatic rings. The van der Waals surface area contributed by atoms with E-state index in [1.165, 1.54) is 21.0 Å². The third-order valence-electron chi connectivity index (χ3n) is 4.17. The Labute approximate surface area is 177 Å². The predicted octanol–water partition coefficient (Wildman–Crippen LogP) is 4.24. The number of ketones is 2. The Balaban J connectivity index is 1.71. The molecule has 1 heterocycles. The fourth-order valence-corrected chi connectivity index (χ4v) is 3.61. The first kappa shape index (κ1) is 21.2. The summed E-state index contributed by atoms with van der Waals surface area (Å²) >= 11 is 1.11. The first-order chi connectivity index (χ1) is 14.4. The molecule has 0 unspecified atom stereocenters. The molecular weight excluding hydrogens is 404 g/mol. The van der Waals surface area contributed by atoms with E-state index in [0.717, 1.165) is 16.9 Å². The molecule has 0 aliphatic carbocycles. The van der Waals surface area contributed by atoms with Gasteiger partial charge in [0, 0.05) is 18.1 Å². The number of hydrogen-bond donors (Lipinski definition) is 1. The number of aromatic nitrogens is 1. The minimum absolute atomic E-state index is 0.100. The Morgan fingerprint density at radius 1 is 1.00 bits per heavy atom. The highest BCUT2D eigenvalue weighted by Gasteiger charge is 2.18. The van der Waals surface area contributed by atoms with Crippen LogP contribution in [0.25, 0.3) is 11.3 Å². The number of hydrogen-bond acceptors (Lipinski definition) is 7. The lowest BCUT2D eigenvalue weighted by molar-refractivity contribution is -0.118. The van der Waals surface area contributed by atoms with Crippen molar-refractivity contribution in [2.45, 2.75) is 13.8 Å². The van der Waals surface area contributed by atoms with Gasteiger partial charge >= 0.3 is 0 Å². The molecule has 0 aliphatic heterocycles. The Bertz CT molecular complexity index is 1090. The second-order valence-electron chi connectivity index (χ2n) is 6.38.